The van der Waals surface area contributed by atoms with E-state index in [0.717, 1.165) is 5.69 Å². The van der Waals surface area contributed by atoms with Gasteiger partial charge in [-0.1, -0.05) is 30.3 Å². The van der Waals surface area contributed by atoms with Crippen LogP contribution in [0.1, 0.15) is 19.1 Å². The maximum atomic E-state index is 12.1. The third kappa shape index (κ3) is 3.58. The number of amides is 1. The minimum Gasteiger partial charge on any atom is -0.374 e. The number of nitrogens with one attached hydrogen (secondary N) is 2. The molecule has 0 spiro atoms. The second-order valence-corrected chi connectivity index (χ2v) is 4.28. The Balaban J connectivity index is 1.99. The molecule has 2 N–H and O–H groups in total. The van der Waals surface area contributed by atoms with E-state index < -0.39 is 0 Å². The minimum atomic E-state index is -0.306. The van der Waals surface area contributed by atoms with Crippen molar-refractivity contribution in [1.82, 2.24) is 5.16 Å². The number of benzene rings is 1. The molecule has 5 heteroatoms. The molecule has 2 rings (SSSR count). The van der Waals surface area contributed by atoms with Crippen molar-refractivity contribution in [3.63, 3.8) is 0 Å². The highest BCUT2D eigenvalue weighted by molar-refractivity contribution is 5.95. The molecule has 100 valence electrons. The number of aromatic nitrogens is 1. The Labute approximate surface area is 112 Å². The Bertz CT molecular complexity index is 537. The summed E-state index contributed by atoms with van der Waals surface area (Å²) in [5, 5.41) is 9.66. The Hall–Kier alpha value is -2.30. The molecular formula is C14H17N3O2. The number of para-hydroxylation sites is 1. The number of aryl methyl sites for hydroxylation is 1. The van der Waals surface area contributed by atoms with Gasteiger partial charge in [0.15, 0.2) is 5.82 Å². The van der Waals surface area contributed by atoms with Crippen molar-refractivity contribution in [3.05, 3.63) is 42.2 Å². The molecule has 0 radical (unpaired) electrons. The van der Waals surface area contributed by atoms with Gasteiger partial charge in [-0.3, -0.25) is 4.79 Å². The monoisotopic (exact) mass is 259 g/mol. The van der Waals surface area contributed by atoms with E-state index in [9.17, 15) is 4.79 Å². The number of rotatable bonds is 5. The number of carbonyl (C=O) groups excluding carboxylic acids is 1. The van der Waals surface area contributed by atoms with Crippen LogP contribution in [0.15, 0.2) is 40.9 Å². The molecule has 1 heterocycles. The molecule has 5 nitrogen and oxygen atoms in total. The first kappa shape index (κ1) is 13.1. The lowest BCUT2D eigenvalue weighted by atomic mass is 10.2. The summed E-state index contributed by atoms with van der Waals surface area (Å²) in [5.74, 6) is 0.981. The van der Waals surface area contributed by atoms with Crippen LogP contribution in [0, 0.1) is 6.92 Å². The molecule has 0 aliphatic heterocycles. The van der Waals surface area contributed by atoms with Crippen LogP contribution in [0.2, 0.25) is 0 Å². The van der Waals surface area contributed by atoms with Crippen LogP contribution in [0.4, 0.5) is 11.5 Å². The van der Waals surface area contributed by atoms with Gasteiger partial charge in [0.05, 0.1) is 0 Å². The average Bonchev–Trinajstić information content (AvgIpc) is 2.82. The third-order valence-electron chi connectivity index (χ3n) is 2.72. The maximum absolute atomic E-state index is 12.1. The van der Waals surface area contributed by atoms with Crippen LogP contribution in [0.25, 0.3) is 0 Å². The standard InChI is InChI=1S/C14H17N3O2/c1-3-12(15-11-7-5-4-6-8-11)14(18)16-13-9-10(2)19-17-13/h4-9,12,15H,3H2,1-2H3,(H,16,17,18). The van der Waals surface area contributed by atoms with E-state index in [0.29, 0.717) is 18.0 Å². The molecule has 0 aliphatic carbocycles. The van der Waals surface area contributed by atoms with Crippen LogP contribution in [0.3, 0.4) is 0 Å². The summed E-state index contributed by atoms with van der Waals surface area (Å²) >= 11 is 0. The quantitative estimate of drug-likeness (QED) is 0.866. The Morgan fingerprint density at radius 2 is 2.11 bits per heavy atom. The zero-order chi connectivity index (χ0) is 13.7. The van der Waals surface area contributed by atoms with Crippen LogP contribution < -0.4 is 10.6 Å². The smallest absolute Gasteiger partial charge is 0.248 e. The summed E-state index contributed by atoms with van der Waals surface area (Å²) < 4.78 is 4.91. The number of nitrogens with zero attached hydrogens (tertiary/aromatic N) is 1. The average molecular weight is 259 g/mol. The maximum Gasteiger partial charge on any atom is 0.248 e. The topological polar surface area (TPSA) is 67.2 Å². The van der Waals surface area contributed by atoms with E-state index in [4.69, 9.17) is 4.52 Å². The molecule has 1 aromatic heterocycles. The Kier molecular flexibility index (Phi) is 4.18. The normalized spacial score (nSPS) is 11.9. The SMILES string of the molecule is CCC(Nc1ccccc1)C(=O)Nc1cc(C)on1. The molecule has 0 saturated carbocycles. The summed E-state index contributed by atoms with van der Waals surface area (Å²) in [6, 6.07) is 11.0. The van der Waals surface area contributed by atoms with Gasteiger partial charge in [-0.05, 0) is 25.5 Å². The van der Waals surface area contributed by atoms with Crippen LogP contribution in [-0.2, 0) is 4.79 Å². The highest BCUT2D eigenvalue weighted by atomic mass is 16.5. The highest BCUT2D eigenvalue weighted by Gasteiger charge is 2.17. The van der Waals surface area contributed by atoms with E-state index in [1.165, 1.54) is 0 Å². The molecular weight excluding hydrogens is 242 g/mol. The van der Waals surface area contributed by atoms with Crippen LogP contribution in [0.5, 0.6) is 0 Å². The highest BCUT2D eigenvalue weighted by Crippen LogP contribution is 2.12. The first-order chi connectivity index (χ1) is 9.19. The van der Waals surface area contributed by atoms with Crippen molar-refractivity contribution in [1.29, 1.82) is 0 Å². The van der Waals surface area contributed by atoms with Gasteiger partial charge in [-0.15, -0.1) is 0 Å². The van der Waals surface area contributed by atoms with Crippen molar-refractivity contribution in [2.75, 3.05) is 10.6 Å². The third-order valence-corrected chi connectivity index (χ3v) is 2.72. The number of anilines is 2. The summed E-state index contributed by atoms with van der Waals surface area (Å²) in [7, 11) is 0. The number of hydrogen-bond donors (Lipinski definition) is 2. The zero-order valence-electron chi connectivity index (χ0n) is 11.0. The fourth-order valence-corrected chi connectivity index (χ4v) is 1.73. The Morgan fingerprint density at radius 1 is 1.37 bits per heavy atom. The van der Waals surface area contributed by atoms with Gasteiger partial charge in [0.25, 0.3) is 0 Å². The van der Waals surface area contributed by atoms with E-state index in [1.807, 2.05) is 37.3 Å². The molecule has 1 atom stereocenters. The molecule has 1 aromatic carbocycles. The zero-order valence-corrected chi connectivity index (χ0v) is 11.0. The van der Waals surface area contributed by atoms with Crippen molar-refractivity contribution in [2.24, 2.45) is 0 Å². The van der Waals surface area contributed by atoms with Gasteiger partial charge < -0.3 is 15.2 Å². The van der Waals surface area contributed by atoms with Gasteiger partial charge >= 0.3 is 0 Å². The molecule has 19 heavy (non-hydrogen) atoms. The van der Waals surface area contributed by atoms with Crippen molar-refractivity contribution < 1.29 is 9.32 Å². The fourth-order valence-electron chi connectivity index (χ4n) is 1.73. The lowest BCUT2D eigenvalue weighted by Crippen LogP contribution is -2.34. The van der Waals surface area contributed by atoms with E-state index in [2.05, 4.69) is 15.8 Å². The van der Waals surface area contributed by atoms with Gasteiger partial charge in [0.1, 0.15) is 11.8 Å². The molecule has 0 bridgehead atoms. The number of hydrogen-bond acceptors (Lipinski definition) is 4. The Morgan fingerprint density at radius 3 is 2.68 bits per heavy atom. The van der Waals surface area contributed by atoms with E-state index >= 15 is 0 Å². The van der Waals surface area contributed by atoms with Gasteiger partial charge in [0, 0.05) is 11.8 Å². The second-order valence-electron chi connectivity index (χ2n) is 4.28. The predicted octanol–water partition coefficient (Wildman–Crippen LogP) is 2.81. The van der Waals surface area contributed by atoms with Gasteiger partial charge in [-0.25, -0.2) is 0 Å². The minimum absolute atomic E-state index is 0.125. The summed E-state index contributed by atoms with van der Waals surface area (Å²) in [4.78, 5) is 12.1. The summed E-state index contributed by atoms with van der Waals surface area (Å²) in [6.45, 7) is 3.73. The lowest BCUT2D eigenvalue weighted by Gasteiger charge is -2.16. The van der Waals surface area contributed by atoms with Crippen LogP contribution in [-0.4, -0.2) is 17.1 Å². The second kappa shape index (κ2) is 6.04. The summed E-state index contributed by atoms with van der Waals surface area (Å²) in [5.41, 5.74) is 0.917. The summed E-state index contributed by atoms with van der Waals surface area (Å²) in [6.07, 6.45) is 0.678. The van der Waals surface area contributed by atoms with E-state index in [1.54, 1.807) is 13.0 Å². The molecule has 0 saturated heterocycles. The van der Waals surface area contributed by atoms with E-state index in [-0.39, 0.29) is 11.9 Å². The number of carbonyl (C=O) groups is 1. The fraction of sp³-hybridized carbons (Fsp3) is 0.286. The van der Waals surface area contributed by atoms with Crippen molar-refractivity contribution in [2.45, 2.75) is 26.3 Å². The molecule has 2 aromatic rings. The first-order valence-electron chi connectivity index (χ1n) is 6.25. The predicted molar refractivity (Wildman–Crippen MR) is 74.0 cm³/mol. The van der Waals surface area contributed by atoms with Gasteiger partial charge in [0.2, 0.25) is 5.91 Å². The molecule has 0 fully saturated rings. The first-order valence-corrected chi connectivity index (χ1v) is 6.25. The van der Waals surface area contributed by atoms with Crippen molar-refractivity contribution in [3.8, 4) is 0 Å². The van der Waals surface area contributed by atoms with Crippen LogP contribution >= 0.6 is 0 Å². The lowest BCUT2D eigenvalue weighted by molar-refractivity contribution is -0.117. The van der Waals surface area contributed by atoms with Crippen molar-refractivity contribution >= 4 is 17.4 Å². The molecule has 0 aliphatic rings. The molecule has 1 amide bonds. The van der Waals surface area contributed by atoms with Gasteiger partial charge in [-0.2, -0.15) is 0 Å². The molecule has 1 unspecified atom stereocenters. The largest absolute Gasteiger partial charge is 0.374 e.